The molecule has 0 bridgehead atoms. The summed E-state index contributed by atoms with van der Waals surface area (Å²) in [6.45, 7) is 0.561. The zero-order valence-electron chi connectivity index (χ0n) is 16.6. The van der Waals surface area contributed by atoms with Gasteiger partial charge in [-0.15, -0.1) is 4.99 Å². The number of rotatable bonds is 5. The Bertz CT molecular complexity index is 1260. The van der Waals surface area contributed by atoms with Crippen LogP contribution in [0.15, 0.2) is 89.9 Å². The van der Waals surface area contributed by atoms with Crippen LogP contribution in [0.4, 0.5) is 4.79 Å². The van der Waals surface area contributed by atoms with Crippen LogP contribution in [0.2, 0.25) is 0 Å². The van der Waals surface area contributed by atoms with Crippen LogP contribution in [0.25, 0.3) is 11.0 Å². The van der Waals surface area contributed by atoms with E-state index in [0.29, 0.717) is 17.7 Å². The van der Waals surface area contributed by atoms with Gasteiger partial charge in [-0.2, -0.15) is 0 Å². The molecule has 6 nitrogen and oxygen atoms in total. The molecular formula is C24H21N3O3. The van der Waals surface area contributed by atoms with Crippen LogP contribution in [0.1, 0.15) is 15.9 Å². The fraction of sp³-hybridized carbons (Fsp3) is 0.125. The first-order chi connectivity index (χ1) is 14.7. The summed E-state index contributed by atoms with van der Waals surface area (Å²) >= 11 is 0. The number of imidazole rings is 1. The van der Waals surface area contributed by atoms with Crippen molar-refractivity contribution >= 4 is 22.9 Å². The number of fused-ring (bicyclic) bond motifs is 1. The van der Waals surface area contributed by atoms with E-state index < -0.39 is 6.09 Å². The Hall–Kier alpha value is -3.93. The lowest BCUT2D eigenvalue weighted by atomic mass is 10.1. The van der Waals surface area contributed by atoms with E-state index in [1.807, 2.05) is 77.4 Å². The Morgan fingerprint density at radius 1 is 0.800 bits per heavy atom. The topological polar surface area (TPSA) is 65.6 Å². The van der Waals surface area contributed by atoms with Gasteiger partial charge in [0.1, 0.15) is 0 Å². The molecule has 0 atom stereocenters. The number of carbonyl (C=O) groups excluding carboxylic acids is 2. The van der Waals surface area contributed by atoms with Crippen LogP contribution in [0, 0.1) is 0 Å². The van der Waals surface area contributed by atoms with E-state index in [1.54, 1.807) is 16.7 Å². The van der Waals surface area contributed by atoms with Crippen molar-refractivity contribution in [3.05, 3.63) is 102 Å². The maximum absolute atomic E-state index is 12.9. The summed E-state index contributed by atoms with van der Waals surface area (Å²) in [7, 11) is 1.29. The number of hydrogen-bond acceptors (Lipinski definition) is 3. The number of ether oxygens (including phenoxy) is 1. The molecule has 0 aliphatic heterocycles. The lowest BCUT2D eigenvalue weighted by Crippen LogP contribution is -2.30. The predicted octanol–water partition coefficient (Wildman–Crippen LogP) is 4.04. The summed E-state index contributed by atoms with van der Waals surface area (Å²) in [6.07, 6.45) is -0.715. The molecule has 0 aliphatic carbocycles. The molecule has 1 heterocycles. The highest BCUT2D eigenvalue weighted by Crippen LogP contribution is 2.16. The number of para-hydroxylation sites is 2. The first kappa shape index (κ1) is 19.4. The first-order valence-electron chi connectivity index (χ1n) is 9.60. The van der Waals surface area contributed by atoms with E-state index in [-0.39, 0.29) is 12.3 Å². The van der Waals surface area contributed by atoms with Gasteiger partial charge in [0.25, 0.3) is 0 Å². The van der Waals surface area contributed by atoms with E-state index in [1.165, 1.54) is 7.11 Å². The van der Waals surface area contributed by atoms with E-state index in [9.17, 15) is 9.59 Å². The molecule has 150 valence electrons. The molecule has 0 unspecified atom stereocenters. The molecule has 3 aromatic carbocycles. The second-order valence-electron chi connectivity index (χ2n) is 6.82. The third-order valence-electron chi connectivity index (χ3n) is 4.89. The van der Waals surface area contributed by atoms with Gasteiger partial charge in [-0.3, -0.25) is 4.79 Å². The number of nitrogens with zero attached hydrogens (tertiary/aromatic N) is 3. The summed E-state index contributed by atoms with van der Waals surface area (Å²) in [4.78, 5) is 29.2. The van der Waals surface area contributed by atoms with Crippen molar-refractivity contribution in [1.82, 2.24) is 9.13 Å². The van der Waals surface area contributed by atoms with Crippen molar-refractivity contribution in [2.45, 2.75) is 13.1 Å². The molecule has 6 heteroatoms. The molecule has 4 aromatic rings. The van der Waals surface area contributed by atoms with Gasteiger partial charge < -0.3 is 13.9 Å². The average Bonchev–Trinajstić information content (AvgIpc) is 3.07. The molecule has 1 aromatic heterocycles. The Labute approximate surface area is 173 Å². The molecule has 0 spiro atoms. The number of methoxy groups -OCH3 is 1. The predicted molar refractivity (Wildman–Crippen MR) is 114 cm³/mol. The van der Waals surface area contributed by atoms with Gasteiger partial charge in [-0.05, 0) is 17.7 Å². The van der Waals surface area contributed by atoms with E-state index in [2.05, 4.69) is 4.99 Å². The maximum atomic E-state index is 12.9. The van der Waals surface area contributed by atoms with Crippen molar-refractivity contribution < 1.29 is 14.3 Å². The molecular weight excluding hydrogens is 378 g/mol. The number of aromatic nitrogens is 2. The third kappa shape index (κ3) is 3.93. The number of amides is 1. The van der Waals surface area contributed by atoms with Crippen molar-refractivity contribution in [2.24, 2.45) is 4.99 Å². The number of hydrogen-bond donors (Lipinski definition) is 0. The second-order valence-corrected chi connectivity index (χ2v) is 6.82. The van der Waals surface area contributed by atoms with Crippen LogP contribution in [-0.4, -0.2) is 28.1 Å². The van der Waals surface area contributed by atoms with Crippen LogP contribution < -0.4 is 5.62 Å². The number of Topliss-reactive ketones (excluding diaryl/α,β-unsaturated/α-hetero) is 1. The molecule has 30 heavy (non-hydrogen) atoms. The minimum absolute atomic E-state index is 0.0577. The quantitative estimate of drug-likeness (QED) is 0.476. The molecule has 1 amide bonds. The summed E-state index contributed by atoms with van der Waals surface area (Å²) in [5.41, 5.74) is 3.73. The van der Waals surface area contributed by atoms with Crippen LogP contribution >= 0.6 is 0 Å². The van der Waals surface area contributed by atoms with E-state index >= 15 is 0 Å². The lowest BCUT2D eigenvalue weighted by molar-refractivity contribution is 0.0971. The minimum Gasteiger partial charge on any atom is -0.451 e. The van der Waals surface area contributed by atoms with E-state index in [0.717, 1.165) is 16.6 Å². The van der Waals surface area contributed by atoms with Crippen molar-refractivity contribution in [3.63, 3.8) is 0 Å². The Morgan fingerprint density at radius 2 is 1.37 bits per heavy atom. The molecule has 0 radical (unpaired) electrons. The summed E-state index contributed by atoms with van der Waals surface area (Å²) < 4.78 is 8.48. The Balaban J connectivity index is 1.90. The smallest absolute Gasteiger partial charge is 0.436 e. The summed E-state index contributed by atoms with van der Waals surface area (Å²) in [6, 6.07) is 26.7. The fourth-order valence-corrected chi connectivity index (χ4v) is 3.47. The summed E-state index contributed by atoms with van der Waals surface area (Å²) in [5, 5.41) is 0. The van der Waals surface area contributed by atoms with Gasteiger partial charge in [0.2, 0.25) is 5.62 Å². The molecule has 0 fully saturated rings. The minimum atomic E-state index is -0.715. The zero-order chi connectivity index (χ0) is 20.9. The SMILES string of the molecule is COC(=O)/N=c1/n(CC(=O)c2ccccc2)c2ccccc2n1Cc1ccccc1. The molecule has 0 saturated carbocycles. The van der Waals surface area contributed by atoms with Crippen LogP contribution in [0.3, 0.4) is 0 Å². The number of benzene rings is 3. The largest absolute Gasteiger partial charge is 0.451 e. The molecule has 0 aliphatic rings. The molecule has 4 rings (SSSR count). The van der Waals surface area contributed by atoms with Crippen molar-refractivity contribution in [1.29, 1.82) is 0 Å². The Kier molecular flexibility index (Phi) is 5.57. The van der Waals surface area contributed by atoms with Crippen LogP contribution in [-0.2, 0) is 17.8 Å². The van der Waals surface area contributed by atoms with E-state index in [4.69, 9.17) is 4.74 Å². The standard InChI is InChI=1S/C24H21N3O3/c1-30-24(29)25-23-26(16-18-10-4-2-5-11-18)20-14-8-9-15-21(20)27(23)17-22(28)19-12-6-3-7-13-19/h2-15H,16-17H2,1H3/b25-23+. The average molecular weight is 399 g/mol. The summed E-state index contributed by atoms with van der Waals surface area (Å²) in [5.74, 6) is -0.0653. The lowest BCUT2D eigenvalue weighted by Gasteiger charge is -2.07. The number of carbonyl (C=O) groups is 2. The normalized spacial score (nSPS) is 11.6. The number of ketones is 1. The maximum Gasteiger partial charge on any atom is 0.436 e. The second kappa shape index (κ2) is 8.61. The monoisotopic (exact) mass is 399 g/mol. The van der Waals surface area contributed by atoms with Gasteiger partial charge in [-0.1, -0.05) is 72.8 Å². The highest BCUT2D eigenvalue weighted by atomic mass is 16.5. The van der Waals surface area contributed by atoms with Gasteiger partial charge in [0, 0.05) is 5.56 Å². The fourth-order valence-electron chi connectivity index (χ4n) is 3.47. The third-order valence-corrected chi connectivity index (χ3v) is 4.89. The van der Waals surface area contributed by atoms with Gasteiger partial charge in [0.05, 0.1) is 31.2 Å². The van der Waals surface area contributed by atoms with Crippen molar-refractivity contribution in [2.75, 3.05) is 7.11 Å². The first-order valence-corrected chi connectivity index (χ1v) is 9.60. The van der Waals surface area contributed by atoms with Gasteiger partial charge >= 0.3 is 6.09 Å². The molecule has 0 saturated heterocycles. The van der Waals surface area contributed by atoms with Gasteiger partial charge in [-0.25, -0.2) is 4.79 Å². The molecule has 0 N–H and O–H groups in total. The van der Waals surface area contributed by atoms with Crippen molar-refractivity contribution in [3.8, 4) is 0 Å². The van der Waals surface area contributed by atoms with Crippen LogP contribution in [0.5, 0.6) is 0 Å². The van der Waals surface area contributed by atoms with Gasteiger partial charge in [0.15, 0.2) is 5.78 Å². The highest BCUT2D eigenvalue weighted by Gasteiger charge is 2.16. The Morgan fingerprint density at radius 3 is 2.00 bits per heavy atom. The zero-order valence-corrected chi connectivity index (χ0v) is 16.6. The highest BCUT2D eigenvalue weighted by molar-refractivity contribution is 5.96.